The van der Waals surface area contributed by atoms with Gasteiger partial charge in [-0.05, 0) is 54.8 Å². The Balaban J connectivity index is 1.75. The van der Waals surface area contributed by atoms with E-state index >= 15 is 0 Å². The lowest BCUT2D eigenvalue weighted by Gasteiger charge is -2.16. The molecule has 8 nitrogen and oxygen atoms in total. The van der Waals surface area contributed by atoms with Gasteiger partial charge in [0.05, 0.1) is 5.39 Å². The van der Waals surface area contributed by atoms with Crippen molar-refractivity contribution in [2.75, 3.05) is 5.32 Å². The number of esters is 1. The van der Waals surface area contributed by atoms with Gasteiger partial charge in [0.15, 0.2) is 11.4 Å². The van der Waals surface area contributed by atoms with Crippen molar-refractivity contribution in [2.24, 2.45) is 0 Å². The minimum Gasteiger partial charge on any atom is -0.508 e. The Labute approximate surface area is 213 Å². The van der Waals surface area contributed by atoms with Crippen LogP contribution in [0.2, 0.25) is 0 Å². The summed E-state index contributed by atoms with van der Waals surface area (Å²) in [5.41, 5.74) is 1.41. The number of carbonyl (C=O) groups is 2. The maximum absolute atomic E-state index is 13.2. The minimum absolute atomic E-state index is 0.0298. The average Bonchev–Trinajstić information content (AvgIpc) is 2.88. The van der Waals surface area contributed by atoms with Crippen LogP contribution in [0.3, 0.4) is 0 Å². The van der Waals surface area contributed by atoms with E-state index in [-0.39, 0.29) is 34.9 Å². The number of hydrogen-bond acceptors (Lipinski definition) is 7. The molecule has 0 spiro atoms. The Hall–Kier alpha value is -4.59. The van der Waals surface area contributed by atoms with Crippen LogP contribution in [0.1, 0.15) is 47.3 Å². The van der Waals surface area contributed by atoms with Gasteiger partial charge < -0.3 is 24.3 Å². The molecule has 4 rings (SSSR count). The second-order valence-electron chi connectivity index (χ2n) is 8.57. The predicted octanol–water partition coefficient (Wildman–Crippen LogP) is 5.52. The molecule has 190 valence electrons. The number of benzene rings is 3. The number of anilines is 1. The smallest absolute Gasteiger partial charge is 0.364 e. The highest BCUT2D eigenvalue weighted by molar-refractivity contribution is 6.07. The van der Waals surface area contributed by atoms with Gasteiger partial charge in [-0.15, -0.1) is 0 Å². The van der Waals surface area contributed by atoms with Gasteiger partial charge in [-0.25, -0.2) is 4.79 Å². The highest BCUT2D eigenvalue weighted by Gasteiger charge is 2.22. The second-order valence-corrected chi connectivity index (χ2v) is 8.57. The van der Waals surface area contributed by atoms with E-state index in [9.17, 15) is 19.5 Å². The molecule has 0 aliphatic heterocycles. The first kappa shape index (κ1) is 25.5. The number of hydrogen-bond donors (Lipinski definition) is 2. The van der Waals surface area contributed by atoms with Crippen molar-refractivity contribution in [1.82, 2.24) is 0 Å². The normalized spacial score (nSPS) is 10.8. The van der Waals surface area contributed by atoms with Crippen molar-refractivity contribution in [3.63, 3.8) is 0 Å². The molecule has 8 heteroatoms. The van der Waals surface area contributed by atoms with E-state index in [1.165, 1.54) is 19.1 Å². The highest BCUT2D eigenvalue weighted by Crippen LogP contribution is 2.36. The van der Waals surface area contributed by atoms with Gasteiger partial charge in [-0.3, -0.25) is 9.59 Å². The number of ether oxygens (including phenoxy) is 2. The van der Waals surface area contributed by atoms with Gasteiger partial charge in [0.25, 0.3) is 5.91 Å². The highest BCUT2D eigenvalue weighted by atomic mass is 16.5. The number of aromatic hydroxyl groups is 1. The molecule has 2 N–H and O–H groups in total. The fourth-order valence-corrected chi connectivity index (χ4v) is 3.98. The van der Waals surface area contributed by atoms with Crippen LogP contribution in [0, 0.1) is 6.92 Å². The largest absolute Gasteiger partial charge is 0.508 e. The molecule has 37 heavy (non-hydrogen) atoms. The summed E-state index contributed by atoms with van der Waals surface area (Å²) >= 11 is 0. The number of phenols is 1. The molecule has 0 fully saturated rings. The van der Waals surface area contributed by atoms with Crippen LogP contribution >= 0.6 is 0 Å². The van der Waals surface area contributed by atoms with Crippen molar-refractivity contribution < 1.29 is 28.6 Å². The van der Waals surface area contributed by atoms with Crippen LogP contribution in [-0.2, 0) is 17.8 Å². The van der Waals surface area contributed by atoms with E-state index in [1.807, 2.05) is 37.3 Å². The summed E-state index contributed by atoms with van der Waals surface area (Å²) in [4.78, 5) is 37.7. The van der Waals surface area contributed by atoms with Crippen molar-refractivity contribution in [3.05, 3.63) is 93.3 Å². The molecule has 1 amide bonds. The first-order valence-electron chi connectivity index (χ1n) is 11.9. The molecule has 4 aromatic rings. The zero-order chi connectivity index (χ0) is 26.5. The molecular weight excluding hydrogens is 474 g/mol. The first-order chi connectivity index (χ1) is 17.8. The Morgan fingerprint density at radius 2 is 1.81 bits per heavy atom. The van der Waals surface area contributed by atoms with E-state index in [0.29, 0.717) is 28.7 Å². The van der Waals surface area contributed by atoms with Crippen LogP contribution in [0.15, 0.2) is 69.9 Å². The number of amides is 1. The standard InChI is InChI=1S/C29H27NO7/c1-4-8-20-15-21(11-14-24(20)36-18(3)31)28(33)30-25-27(35-16-19-9-6-5-7-10-19)22-12-13-23(32)17(2)26(22)37-29(25)34/h5-7,9-15,32H,4,8,16H2,1-3H3,(H,30,33). The Bertz CT molecular complexity index is 1520. The van der Waals surface area contributed by atoms with Crippen LogP contribution in [-0.4, -0.2) is 17.0 Å². The number of carbonyl (C=O) groups excluding carboxylic acids is 2. The molecule has 0 unspecified atom stereocenters. The number of rotatable bonds is 8. The molecule has 0 saturated heterocycles. The lowest BCUT2D eigenvalue weighted by molar-refractivity contribution is -0.131. The first-order valence-corrected chi connectivity index (χ1v) is 11.9. The maximum Gasteiger partial charge on any atom is 0.364 e. The number of nitrogens with one attached hydrogen (secondary N) is 1. The quantitative estimate of drug-likeness (QED) is 0.186. The zero-order valence-corrected chi connectivity index (χ0v) is 20.8. The van der Waals surface area contributed by atoms with Gasteiger partial charge >= 0.3 is 11.6 Å². The van der Waals surface area contributed by atoms with Gasteiger partial charge in [-0.1, -0.05) is 43.7 Å². The topological polar surface area (TPSA) is 115 Å². The fourth-order valence-electron chi connectivity index (χ4n) is 3.98. The van der Waals surface area contributed by atoms with Gasteiger partial charge in [0, 0.05) is 18.1 Å². The van der Waals surface area contributed by atoms with Crippen LogP contribution < -0.4 is 20.4 Å². The lowest BCUT2D eigenvalue weighted by Crippen LogP contribution is -2.20. The SMILES string of the molecule is CCCc1cc(C(=O)Nc2c(OCc3ccccc3)c3ccc(O)c(C)c3oc2=O)ccc1OC(C)=O. The van der Waals surface area contributed by atoms with Crippen molar-refractivity contribution in [1.29, 1.82) is 0 Å². The summed E-state index contributed by atoms with van der Waals surface area (Å²) in [6, 6.07) is 17.1. The van der Waals surface area contributed by atoms with Crippen molar-refractivity contribution in [2.45, 2.75) is 40.2 Å². The molecule has 0 radical (unpaired) electrons. The Morgan fingerprint density at radius 3 is 2.51 bits per heavy atom. The Kier molecular flexibility index (Phi) is 7.57. The molecule has 0 bridgehead atoms. The third kappa shape index (κ3) is 5.64. The summed E-state index contributed by atoms with van der Waals surface area (Å²) in [5, 5.41) is 13.2. The molecular formula is C29H27NO7. The number of fused-ring (bicyclic) bond motifs is 1. The van der Waals surface area contributed by atoms with Crippen LogP contribution in [0.5, 0.6) is 17.2 Å². The van der Waals surface area contributed by atoms with Crippen molar-refractivity contribution in [3.8, 4) is 17.2 Å². The molecule has 1 aromatic heterocycles. The lowest BCUT2D eigenvalue weighted by atomic mass is 10.0. The van der Waals surface area contributed by atoms with Gasteiger partial charge in [0.2, 0.25) is 0 Å². The molecule has 3 aromatic carbocycles. The summed E-state index contributed by atoms with van der Waals surface area (Å²) in [5.74, 6) is -0.517. The summed E-state index contributed by atoms with van der Waals surface area (Å²) < 4.78 is 16.8. The monoisotopic (exact) mass is 501 g/mol. The van der Waals surface area contributed by atoms with Gasteiger partial charge in [0.1, 0.15) is 23.7 Å². The van der Waals surface area contributed by atoms with E-state index in [4.69, 9.17) is 13.9 Å². The molecule has 0 atom stereocenters. The van der Waals surface area contributed by atoms with E-state index in [1.54, 1.807) is 25.1 Å². The maximum atomic E-state index is 13.2. The molecule has 0 saturated carbocycles. The predicted molar refractivity (Wildman–Crippen MR) is 139 cm³/mol. The fraction of sp³-hybridized carbons (Fsp3) is 0.207. The van der Waals surface area contributed by atoms with E-state index < -0.39 is 17.5 Å². The summed E-state index contributed by atoms with van der Waals surface area (Å²) in [7, 11) is 0. The van der Waals surface area contributed by atoms with E-state index in [2.05, 4.69) is 5.32 Å². The molecule has 0 aliphatic rings. The Morgan fingerprint density at radius 1 is 1.05 bits per heavy atom. The van der Waals surface area contributed by atoms with Crippen LogP contribution in [0.25, 0.3) is 11.0 Å². The van der Waals surface area contributed by atoms with Crippen molar-refractivity contribution >= 4 is 28.5 Å². The zero-order valence-electron chi connectivity index (χ0n) is 20.8. The summed E-state index contributed by atoms with van der Waals surface area (Å²) in [6.45, 7) is 5.05. The molecule has 1 heterocycles. The minimum atomic E-state index is -0.817. The summed E-state index contributed by atoms with van der Waals surface area (Å²) in [6.07, 6.45) is 1.37. The van der Waals surface area contributed by atoms with E-state index in [0.717, 1.165) is 12.0 Å². The second kappa shape index (κ2) is 11.0. The molecule has 0 aliphatic carbocycles. The number of aryl methyl sites for hydroxylation is 2. The number of phenolic OH excluding ortho intramolecular Hbond substituents is 1. The van der Waals surface area contributed by atoms with Gasteiger partial charge in [-0.2, -0.15) is 0 Å². The average molecular weight is 502 g/mol. The van der Waals surface area contributed by atoms with Crippen LogP contribution in [0.4, 0.5) is 5.69 Å². The third-order valence-corrected chi connectivity index (χ3v) is 5.81. The third-order valence-electron chi connectivity index (χ3n) is 5.81.